The molecule has 4 rings (SSSR count). The Bertz CT molecular complexity index is 609. The second kappa shape index (κ2) is 4.75. The molecule has 0 unspecified atom stereocenters. The predicted octanol–water partition coefficient (Wildman–Crippen LogP) is 4.27. The van der Waals surface area contributed by atoms with E-state index in [0.29, 0.717) is 5.41 Å². The zero-order chi connectivity index (χ0) is 13.4. The van der Waals surface area contributed by atoms with Crippen molar-refractivity contribution >= 4 is 0 Å². The molecule has 1 nitrogen and oxygen atoms in total. The van der Waals surface area contributed by atoms with Crippen molar-refractivity contribution in [1.82, 2.24) is 5.32 Å². The van der Waals surface area contributed by atoms with E-state index in [1.165, 1.54) is 48.9 Å². The second-order valence-corrected chi connectivity index (χ2v) is 6.33. The van der Waals surface area contributed by atoms with E-state index in [4.69, 9.17) is 0 Å². The van der Waals surface area contributed by atoms with Crippen molar-refractivity contribution in [3.8, 4) is 11.1 Å². The van der Waals surface area contributed by atoms with Gasteiger partial charge in [-0.15, -0.1) is 0 Å². The van der Waals surface area contributed by atoms with Crippen molar-refractivity contribution in [2.24, 2.45) is 0 Å². The summed E-state index contributed by atoms with van der Waals surface area (Å²) in [5, 5.41) is 3.65. The number of hydrogen-bond acceptors (Lipinski definition) is 1. The van der Waals surface area contributed by atoms with Gasteiger partial charge >= 0.3 is 0 Å². The number of hydrogen-bond donors (Lipinski definition) is 1. The molecule has 0 amide bonds. The summed E-state index contributed by atoms with van der Waals surface area (Å²) in [4.78, 5) is 0. The molecular weight excluding hydrogens is 242 g/mol. The smallest absolute Gasteiger partial charge is 0.0209 e. The number of benzene rings is 2. The predicted molar refractivity (Wildman–Crippen MR) is 83.7 cm³/mol. The van der Waals surface area contributed by atoms with E-state index in [1.54, 1.807) is 5.56 Å². The van der Waals surface area contributed by atoms with E-state index in [2.05, 4.69) is 53.8 Å². The average Bonchev–Trinajstić information content (AvgIpc) is 2.97. The number of rotatable bonds is 1. The SMILES string of the molecule is c1ccc(-c2ccc3c(c2)CNCC32CCCC2)cc1. The van der Waals surface area contributed by atoms with Gasteiger partial charge in [0.1, 0.15) is 0 Å². The molecule has 1 aliphatic heterocycles. The van der Waals surface area contributed by atoms with Gasteiger partial charge < -0.3 is 5.32 Å². The summed E-state index contributed by atoms with van der Waals surface area (Å²) in [5.74, 6) is 0. The molecule has 20 heavy (non-hydrogen) atoms. The van der Waals surface area contributed by atoms with E-state index >= 15 is 0 Å². The van der Waals surface area contributed by atoms with Gasteiger partial charge in [0.2, 0.25) is 0 Å². The fraction of sp³-hybridized carbons (Fsp3) is 0.368. The van der Waals surface area contributed by atoms with Crippen LogP contribution in [-0.2, 0) is 12.0 Å². The maximum absolute atomic E-state index is 3.65. The fourth-order valence-electron chi connectivity index (χ4n) is 4.10. The van der Waals surface area contributed by atoms with Crippen LogP contribution in [0.25, 0.3) is 11.1 Å². The van der Waals surface area contributed by atoms with Crippen LogP contribution in [-0.4, -0.2) is 6.54 Å². The highest BCUT2D eigenvalue weighted by Gasteiger charge is 2.38. The lowest BCUT2D eigenvalue weighted by molar-refractivity contribution is 0.377. The zero-order valence-electron chi connectivity index (χ0n) is 11.9. The summed E-state index contributed by atoms with van der Waals surface area (Å²) >= 11 is 0. The highest BCUT2D eigenvalue weighted by Crippen LogP contribution is 2.44. The molecule has 0 saturated heterocycles. The van der Waals surface area contributed by atoms with E-state index in [-0.39, 0.29) is 0 Å². The van der Waals surface area contributed by atoms with E-state index in [9.17, 15) is 0 Å². The van der Waals surface area contributed by atoms with Gasteiger partial charge in [0.25, 0.3) is 0 Å². The van der Waals surface area contributed by atoms with Gasteiger partial charge in [0.15, 0.2) is 0 Å². The Kier molecular flexibility index (Phi) is 2.89. The third-order valence-electron chi connectivity index (χ3n) is 5.12. The van der Waals surface area contributed by atoms with Gasteiger partial charge in [-0.25, -0.2) is 0 Å². The lowest BCUT2D eigenvalue weighted by Gasteiger charge is -2.36. The summed E-state index contributed by atoms with van der Waals surface area (Å²) in [5.41, 5.74) is 6.23. The summed E-state index contributed by atoms with van der Waals surface area (Å²) in [6, 6.07) is 17.8. The van der Waals surface area contributed by atoms with Gasteiger partial charge in [0.05, 0.1) is 0 Å². The largest absolute Gasteiger partial charge is 0.312 e. The van der Waals surface area contributed by atoms with Crippen molar-refractivity contribution in [1.29, 1.82) is 0 Å². The van der Waals surface area contributed by atoms with Crippen molar-refractivity contribution in [3.05, 3.63) is 59.7 Å². The summed E-state index contributed by atoms with van der Waals surface area (Å²) in [6.07, 6.45) is 5.50. The van der Waals surface area contributed by atoms with Gasteiger partial charge in [0, 0.05) is 18.5 Å². The Balaban J connectivity index is 1.78. The van der Waals surface area contributed by atoms with Crippen LogP contribution in [0.3, 0.4) is 0 Å². The molecule has 1 N–H and O–H groups in total. The van der Waals surface area contributed by atoms with Crippen LogP contribution < -0.4 is 5.32 Å². The molecular formula is C19H21N. The Morgan fingerprint density at radius 2 is 1.65 bits per heavy atom. The lowest BCUT2D eigenvalue weighted by atomic mass is 9.74. The monoisotopic (exact) mass is 263 g/mol. The first-order valence-electron chi connectivity index (χ1n) is 7.77. The molecule has 1 heteroatoms. The standard InChI is InChI=1S/C19H21N/c1-2-6-15(7-3-1)16-8-9-18-17(12-16)13-20-14-19(18)10-4-5-11-19/h1-3,6-9,12,20H,4-5,10-11,13-14H2. The quantitative estimate of drug-likeness (QED) is 0.810. The number of fused-ring (bicyclic) bond motifs is 2. The average molecular weight is 263 g/mol. The molecule has 1 heterocycles. The highest BCUT2D eigenvalue weighted by molar-refractivity contribution is 5.65. The Morgan fingerprint density at radius 1 is 0.850 bits per heavy atom. The summed E-state index contributed by atoms with van der Waals surface area (Å²) in [6.45, 7) is 2.20. The molecule has 0 aromatic heterocycles. The highest BCUT2D eigenvalue weighted by atomic mass is 14.9. The molecule has 0 radical (unpaired) electrons. The Morgan fingerprint density at radius 3 is 2.45 bits per heavy atom. The summed E-state index contributed by atoms with van der Waals surface area (Å²) in [7, 11) is 0. The van der Waals surface area contributed by atoms with Gasteiger partial charge in [-0.3, -0.25) is 0 Å². The van der Waals surface area contributed by atoms with Gasteiger partial charge in [-0.05, 0) is 41.2 Å². The molecule has 102 valence electrons. The molecule has 1 fully saturated rings. The van der Waals surface area contributed by atoms with Crippen LogP contribution in [0, 0.1) is 0 Å². The minimum Gasteiger partial charge on any atom is -0.312 e. The van der Waals surface area contributed by atoms with Crippen LogP contribution >= 0.6 is 0 Å². The molecule has 2 aromatic rings. The molecule has 1 saturated carbocycles. The van der Waals surface area contributed by atoms with E-state index in [0.717, 1.165) is 6.54 Å². The molecule has 1 spiro atoms. The third-order valence-corrected chi connectivity index (χ3v) is 5.12. The van der Waals surface area contributed by atoms with Crippen LogP contribution in [0.2, 0.25) is 0 Å². The molecule has 1 aliphatic carbocycles. The van der Waals surface area contributed by atoms with Crippen molar-refractivity contribution in [2.45, 2.75) is 37.6 Å². The second-order valence-electron chi connectivity index (χ2n) is 6.33. The normalized spacial score (nSPS) is 20.0. The maximum atomic E-state index is 3.65. The maximum Gasteiger partial charge on any atom is 0.0209 e. The van der Waals surface area contributed by atoms with Crippen LogP contribution in [0.1, 0.15) is 36.8 Å². The first-order valence-corrected chi connectivity index (χ1v) is 7.77. The minimum absolute atomic E-state index is 0.433. The van der Waals surface area contributed by atoms with Crippen molar-refractivity contribution in [3.63, 3.8) is 0 Å². The topological polar surface area (TPSA) is 12.0 Å². The molecule has 0 atom stereocenters. The Hall–Kier alpha value is -1.60. The van der Waals surface area contributed by atoms with Gasteiger partial charge in [-0.2, -0.15) is 0 Å². The van der Waals surface area contributed by atoms with Gasteiger partial charge in [-0.1, -0.05) is 55.3 Å². The first-order chi connectivity index (χ1) is 9.87. The third kappa shape index (κ3) is 1.89. The van der Waals surface area contributed by atoms with E-state index < -0.39 is 0 Å². The summed E-state index contributed by atoms with van der Waals surface area (Å²) < 4.78 is 0. The van der Waals surface area contributed by atoms with Crippen LogP contribution in [0.15, 0.2) is 48.5 Å². The van der Waals surface area contributed by atoms with Crippen molar-refractivity contribution < 1.29 is 0 Å². The number of nitrogens with one attached hydrogen (secondary N) is 1. The zero-order valence-corrected chi connectivity index (χ0v) is 11.9. The minimum atomic E-state index is 0.433. The first kappa shape index (κ1) is 12.2. The lowest BCUT2D eigenvalue weighted by Crippen LogP contribution is -2.41. The molecule has 2 aliphatic rings. The van der Waals surface area contributed by atoms with Crippen LogP contribution in [0.4, 0.5) is 0 Å². The molecule has 2 aromatic carbocycles. The van der Waals surface area contributed by atoms with Crippen molar-refractivity contribution in [2.75, 3.05) is 6.54 Å². The van der Waals surface area contributed by atoms with Crippen LogP contribution in [0.5, 0.6) is 0 Å². The fourth-order valence-corrected chi connectivity index (χ4v) is 4.10. The Labute approximate surface area is 121 Å². The molecule has 0 bridgehead atoms. The van der Waals surface area contributed by atoms with E-state index in [1.807, 2.05) is 0 Å².